The van der Waals surface area contributed by atoms with Crippen molar-refractivity contribution in [2.45, 2.75) is 31.7 Å². The Balaban J connectivity index is 2.15. The fourth-order valence-corrected chi connectivity index (χ4v) is 3.24. The molecule has 1 heterocycles. The van der Waals surface area contributed by atoms with Gasteiger partial charge in [0.25, 0.3) is 0 Å². The number of anilines is 1. The number of amides is 1. The van der Waals surface area contributed by atoms with Crippen LogP contribution in [-0.4, -0.2) is 51.4 Å². The molecule has 2 rings (SSSR count). The Hall–Kier alpha value is -1.48. The average Bonchev–Trinajstić information content (AvgIpc) is 2.45. The molecule has 1 aromatic carbocycles. The lowest BCUT2D eigenvalue weighted by Crippen LogP contribution is -2.52. The van der Waals surface area contributed by atoms with E-state index in [1.54, 1.807) is 6.92 Å². The van der Waals surface area contributed by atoms with Crippen molar-refractivity contribution in [2.75, 3.05) is 31.5 Å². The van der Waals surface area contributed by atoms with Gasteiger partial charge in [0, 0.05) is 31.4 Å². The molecule has 0 radical (unpaired) electrons. The quantitative estimate of drug-likeness (QED) is 0.725. The zero-order chi connectivity index (χ0) is 17.2. The Morgan fingerprint density at radius 2 is 2.13 bits per heavy atom. The molecule has 4 N–H and O–H groups in total. The second-order valence-electron chi connectivity index (χ2n) is 6.03. The van der Waals surface area contributed by atoms with Crippen LogP contribution in [0.4, 0.5) is 5.69 Å². The summed E-state index contributed by atoms with van der Waals surface area (Å²) in [5, 5.41) is 11.3. The van der Waals surface area contributed by atoms with Crippen molar-refractivity contribution in [3.05, 3.63) is 23.3 Å². The van der Waals surface area contributed by atoms with Crippen LogP contribution in [0.5, 0.6) is 0 Å². The Bertz CT molecular complexity index is 703. The van der Waals surface area contributed by atoms with Gasteiger partial charge in [0.1, 0.15) is 0 Å². The highest BCUT2D eigenvalue weighted by molar-refractivity contribution is 7.89. The number of carbonyl (C=O) groups is 1. The first-order valence-corrected chi connectivity index (χ1v) is 9.12. The van der Waals surface area contributed by atoms with Crippen LogP contribution in [0.15, 0.2) is 17.0 Å². The maximum absolute atomic E-state index is 12.3. The van der Waals surface area contributed by atoms with Gasteiger partial charge in [0.05, 0.1) is 11.4 Å². The van der Waals surface area contributed by atoms with Gasteiger partial charge in [0.2, 0.25) is 15.9 Å². The van der Waals surface area contributed by atoms with Crippen LogP contribution in [0.1, 0.15) is 18.1 Å². The number of benzene rings is 1. The van der Waals surface area contributed by atoms with Gasteiger partial charge in [-0.1, -0.05) is 0 Å². The molecule has 0 unspecified atom stereocenters. The van der Waals surface area contributed by atoms with Crippen LogP contribution in [0, 0.1) is 13.8 Å². The van der Waals surface area contributed by atoms with E-state index in [0.29, 0.717) is 5.69 Å². The Morgan fingerprint density at radius 1 is 1.43 bits per heavy atom. The predicted octanol–water partition coefficient (Wildman–Crippen LogP) is 0.183. The van der Waals surface area contributed by atoms with Crippen LogP contribution < -0.4 is 15.8 Å². The van der Waals surface area contributed by atoms with Crippen LogP contribution in [0.3, 0.4) is 0 Å². The Kier molecular flexibility index (Phi) is 5.41. The summed E-state index contributed by atoms with van der Waals surface area (Å²) in [4.78, 5) is 14.4. The number of hydrogen-bond acceptors (Lipinski definition) is 5. The number of carbonyl (C=O) groups excluding carboxylic acids is 1. The topological polar surface area (TPSA) is 105 Å². The molecule has 1 amide bonds. The first kappa shape index (κ1) is 17.9. The molecular weight excluding hydrogens is 316 g/mol. The summed E-state index contributed by atoms with van der Waals surface area (Å²) in [5.41, 5.74) is 2.09. The number of piperazine rings is 1. The minimum Gasteiger partial charge on any atom is -0.325 e. The largest absolute Gasteiger partial charge is 0.325 e. The number of nitrogens with one attached hydrogen (secondary N) is 2. The summed E-state index contributed by atoms with van der Waals surface area (Å²) in [7, 11) is -3.81. The molecule has 128 valence electrons. The van der Waals surface area contributed by atoms with Gasteiger partial charge in [-0.2, -0.15) is 0 Å². The summed E-state index contributed by atoms with van der Waals surface area (Å²) in [5.74, 6) is -0.159. The number of hydrogen-bond donors (Lipinski definition) is 3. The lowest BCUT2D eigenvalue weighted by atomic mass is 10.1. The smallest absolute Gasteiger partial charge is 0.238 e. The molecule has 0 spiro atoms. The summed E-state index contributed by atoms with van der Waals surface area (Å²) >= 11 is 0. The molecule has 7 nitrogen and oxygen atoms in total. The van der Waals surface area contributed by atoms with E-state index < -0.39 is 10.0 Å². The highest BCUT2D eigenvalue weighted by atomic mass is 32.2. The molecule has 23 heavy (non-hydrogen) atoms. The fourth-order valence-electron chi connectivity index (χ4n) is 2.61. The number of primary sulfonamides is 1. The van der Waals surface area contributed by atoms with Crippen molar-refractivity contribution in [3.8, 4) is 0 Å². The molecule has 1 aliphatic heterocycles. The zero-order valence-corrected chi connectivity index (χ0v) is 14.5. The molecule has 0 saturated carbocycles. The predicted molar refractivity (Wildman–Crippen MR) is 89.8 cm³/mol. The monoisotopic (exact) mass is 340 g/mol. The van der Waals surface area contributed by atoms with Crippen LogP contribution in [-0.2, 0) is 14.8 Å². The van der Waals surface area contributed by atoms with E-state index >= 15 is 0 Å². The van der Waals surface area contributed by atoms with E-state index in [0.717, 1.165) is 30.8 Å². The molecule has 8 heteroatoms. The van der Waals surface area contributed by atoms with Gasteiger partial charge in [-0.25, -0.2) is 13.6 Å². The average molecular weight is 340 g/mol. The van der Waals surface area contributed by atoms with Crippen molar-refractivity contribution in [1.29, 1.82) is 0 Å². The molecule has 1 atom stereocenters. The highest BCUT2D eigenvalue weighted by Crippen LogP contribution is 2.23. The molecule has 1 saturated heterocycles. The third kappa shape index (κ3) is 4.51. The second kappa shape index (κ2) is 6.96. The van der Waals surface area contributed by atoms with Gasteiger partial charge < -0.3 is 10.6 Å². The van der Waals surface area contributed by atoms with E-state index in [4.69, 9.17) is 5.14 Å². The van der Waals surface area contributed by atoms with Crippen molar-refractivity contribution in [2.24, 2.45) is 5.14 Å². The third-order valence-corrected chi connectivity index (χ3v) is 5.12. The number of nitrogens with two attached hydrogens (primary N) is 1. The number of aryl methyl sites for hydroxylation is 1. The lowest BCUT2D eigenvalue weighted by molar-refractivity contribution is -0.118. The molecule has 0 aliphatic carbocycles. The fraction of sp³-hybridized carbons (Fsp3) is 0.533. The highest BCUT2D eigenvalue weighted by Gasteiger charge is 2.21. The van der Waals surface area contributed by atoms with Gasteiger partial charge >= 0.3 is 0 Å². The first-order valence-electron chi connectivity index (χ1n) is 7.57. The minimum atomic E-state index is -3.81. The van der Waals surface area contributed by atoms with Gasteiger partial charge in [-0.05, 0) is 44.0 Å². The van der Waals surface area contributed by atoms with Crippen LogP contribution >= 0.6 is 0 Å². The second-order valence-corrected chi connectivity index (χ2v) is 7.59. The van der Waals surface area contributed by atoms with E-state index in [1.807, 2.05) is 6.92 Å². The van der Waals surface area contributed by atoms with Crippen molar-refractivity contribution >= 4 is 21.6 Å². The molecule has 0 bridgehead atoms. The first-order chi connectivity index (χ1) is 10.7. The van der Waals surface area contributed by atoms with Crippen molar-refractivity contribution in [3.63, 3.8) is 0 Å². The summed E-state index contributed by atoms with van der Waals surface area (Å²) in [6, 6.07) is 3.21. The van der Waals surface area contributed by atoms with Gasteiger partial charge in [-0.3, -0.25) is 9.69 Å². The Morgan fingerprint density at radius 3 is 2.74 bits per heavy atom. The SMILES string of the molecule is Cc1cc(S(N)(=O)=O)cc(NC(=O)CN2CCNC[C@@H]2C)c1C. The van der Waals surface area contributed by atoms with Crippen molar-refractivity contribution < 1.29 is 13.2 Å². The summed E-state index contributed by atoms with van der Waals surface area (Å²) in [6.45, 7) is 8.49. The van der Waals surface area contributed by atoms with E-state index in [2.05, 4.69) is 22.5 Å². The summed E-state index contributed by atoms with van der Waals surface area (Å²) < 4.78 is 23.1. The lowest BCUT2D eigenvalue weighted by Gasteiger charge is -2.33. The number of sulfonamides is 1. The zero-order valence-electron chi connectivity index (χ0n) is 13.7. The normalized spacial score (nSPS) is 19.6. The van der Waals surface area contributed by atoms with E-state index in [9.17, 15) is 13.2 Å². The molecule has 1 aliphatic rings. The maximum atomic E-state index is 12.3. The Labute approximate surface area is 137 Å². The third-order valence-electron chi connectivity index (χ3n) is 4.23. The molecule has 1 fully saturated rings. The van der Waals surface area contributed by atoms with Crippen molar-refractivity contribution in [1.82, 2.24) is 10.2 Å². The maximum Gasteiger partial charge on any atom is 0.238 e. The summed E-state index contributed by atoms with van der Waals surface area (Å²) in [6.07, 6.45) is 0. The minimum absolute atomic E-state index is 0.00596. The van der Waals surface area contributed by atoms with Gasteiger partial charge in [0.15, 0.2) is 0 Å². The van der Waals surface area contributed by atoms with Crippen LogP contribution in [0.25, 0.3) is 0 Å². The molecular formula is C15H24N4O3S. The molecule has 1 aromatic rings. The standard InChI is InChI=1S/C15H24N4O3S/c1-10-6-13(23(16,21)22)7-14(12(10)3)18-15(20)9-19-5-4-17-8-11(19)2/h6-7,11,17H,4-5,8-9H2,1-3H3,(H,18,20)(H2,16,21,22)/t11-/m0/s1. The van der Waals surface area contributed by atoms with Crippen LogP contribution in [0.2, 0.25) is 0 Å². The molecule has 0 aromatic heterocycles. The van der Waals surface area contributed by atoms with Gasteiger partial charge in [-0.15, -0.1) is 0 Å². The number of nitrogens with zero attached hydrogens (tertiary/aromatic N) is 1. The van der Waals surface area contributed by atoms with E-state index in [-0.39, 0.29) is 23.4 Å². The van der Waals surface area contributed by atoms with E-state index in [1.165, 1.54) is 12.1 Å². The number of rotatable bonds is 4.